The van der Waals surface area contributed by atoms with Gasteiger partial charge >= 0.3 is 0 Å². The maximum atomic E-state index is 11.2. The van der Waals surface area contributed by atoms with Crippen LogP contribution in [-0.2, 0) is 11.2 Å². The molecule has 2 nitrogen and oxygen atoms in total. The molecular formula is C11H13NOS. The van der Waals surface area contributed by atoms with Crippen molar-refractivity contribution in [2.75, 3.05) is 6.26 Å². The zero-order valence-corrected chi connectivity index (χ0v) is 9.39. The van der Waals surface area contributed by atoms with E-state index in [0.29, 0.717) is 16.4 Å². The molecule has 0 aromatic heterocycles. The molecule has 0 aliphatic heterocycles. The molecule has 74 valence electrons. The van der Waals surface area contributed by atoms with E-state index in [9.17, 15) is 4.55 Å². The molecular weight excluding hydrogens is 194 g/mol. The lowest BCUT2D eigenvalue weighted by Gasteiger charge is -2.10. The summed E-state index contributed by atoms with van der Waals surface area (Å²) in [7, 11) is 0. The molecule has 1 unspecified atom stereocenters. The summed E-state index contributed by atoms with van der Waals surface area (Å²) in [5.74, 6) is 0.323. The molecule has 0 aliphatic carbocycles. The molecule has 0 radical (unpaired) electrons. The van der Waals surface area contributed by atoms with Crippen molar-refractivity contribution < 1.29 is 4.55 Å². The normalized spacial score (nSPS) is 12.6. The second-order valence-corrected chi connectivity index (χ2v) is 4.85. The van der Waals surface area contributed by atoms with Gasteiger partial charge in [0.25, 0.3) is 0 Å². The minimum atomic E-state index is -1.01. The van der Waals surface area contributed by atoms with Crippen molar-refractivity contribution in [1.29, 1.82) is 5.26 Å². The van der Waals surface area contributed by atoms with E-state index >= 15 is 0 Å². The van der Waals surface area contributed by atoms with Crippen LogP contribution >= 0.6 is 0 Å². The molecule has 0 bridgehead atoms. The van der Waals surface area contributed by atoms with Crippen LogP contribution in [0.2, 0.25) is 0 Å². The number of nitrogens with zero attached hydrogens (tertiary/aromatic N) is 1. The number of rotatable bonds is 2. The minimum Gasteiger partial charge on any atom is -0.612 e. The second kappa shape index (κ2) is 4.50. The summed E-state index contributed by atoms with van der Waals surface area (Å²) < 4.78 is 11.2. The molecule has 0 N–H and O–H groups in total. The Morgan fingerprint density at radius 1 is 1.43 bits per heavy atom. The van der Waals surface area contributed by atoms with E-state index in [1.54, 1.807) is 12.3 Å². The van der Waals surface area contributed by atoms with Gasteiger partial charge in [-0.1, -0.05) is 19.9 Å². The largest absolute Gasteiger partial charge is 0.612 e. The molecule has 14 heavy (non-hydrogen) atoms. The van der Waals surface area contributed by atoms with Gasteiger partial charge in [0.1, 0.15) is 6.26 Å². The van der Waals surface area contributed by atoms with Crippen molar-refractivity contribution in [2.45, 2.75) is 24.7 Å². The van der Waals surface area contributed by atoms with Crippen LogP contribution in [0.3, 0.4) is 0 Å². The quantitative estimate of drug-likeness (QED) is 0.699. The van der Waals surface area contributed by atoms with Crippen molar-refractivity contribution in [1.82, 2.24) is 0 Å². The highest BCUT2D eigenvalue weighted by Crippen LogP contribution is 2.22. The van der Waals surface area contributed by atoms with Gasteiger partial charge in [-0.15, -0.1) is 0 Å². The molecule has 1 atom stereocenters. The Balaban J connectivity index is 3.20. The summed E-state index contributed by atoms with van der Waals surface area (Å²) in [4.78, 5) is 0.714. The smallest absolute Gasteiger partial charge is 0.153 e. The highest BCUT2D eigenvalue weighted by Gasteiger charge is 2.11. The minimum absolute atomic E-state index is 0.323. The highest BCUT2D eigenvalue weighted by atomic mass is 32.2. The van der Waals surface area contributed by atoms with Crippen LogP contribution in [0.15, 0.2) is 23.1 Å². The Labute approximate surface area is 87.7 Å². The van der Waals surface area contributed by atoms with Crippen LogP contribution in [-0.4, -0.2) is 10.8 Å². The predicted molar refractivity (Wildman–Crippen MR) is 57.6 cm³/mol. The fourth-order valence-corrected chi connectivity index (χ4v) is 1.86. The monoisotopic (exact) mass is 207 g/mol. The van der Waals surface area contributed by atoms with Crippen molar-refractivity contribution in [3.63, 3.8) is 0 Å². The van der Waals surface area contributed by atoms with Crippen LogP contribution in [0.5, 0.6) is 0 Å². The van der Waals surface area contributed by atoms with Crippen LogP contribution < -0.4 is 0 Å². The van der Waals surface area contributed by atoms with Gasteiger partial charge in [0.05, 0.1) is 11.6 Å². The molecule has 0 aliphatic rings. The number of benzene rings is 1. The van der Waals surface area contributed by atoms with Gasteiger partial charge in [-0.2, -0.15) is 5.26 Å². The Bertz CT molecular complexity index is 366. The molecule has 1 rings (SSSR count). The van der Waals surface area contributed by atoms with Crippen LogP contribution in [0.4, 0.5) is 0 Å². The SMILES string of the molecule is CC(C)c1ccc([S+](C)[O-])cc1C#N. The second-order valence-electron chi connectivity index (χ2n) is 3.47. The van der Waals surface area contributed by atoms with Gasteiger partial charge in [-0.3, -0.25) is 0 Å². The van der Waals surface area contributed by atoms with Crippen molar-refractivity contribution in [3.05, 3.63) is 29.3 Å². The van der Waals surface area contributed by atoms with E-state index in [0.717, 1.165) is 5.56 Å². The Kier molecular flexibility index (Phi) is 3.56. The molecule has 0 spiro atoms. The van der Waals surface area contributed by atoms with E-state index in [1.165, 1.54) is 0 Å². The Hall–Kier alpha value is -0.980. The first-order chi connectivity index (χ1) is 6.56. The first kappa shape index (κ1) is 11.1. The molecule has 0 amide bonds. The summed E-state index contributed by atoms with van der Waals surface area (Å²) in [6.45, 7) is 4.08. The van der Waals surface area contributed by atoms with Crippen LogP contribution in [0, 0.1) is 11.3 Å². The number of hydrogen-bond donors (Lipinski definition) is 0. The fraction of sp³-hybridized carbons (Fsp3) is 0.364. The molecule has 1 aromatic rings. The average molecular weight is 207 g/mol. The van der Waals surface area contributed by atoms with Gasteiger partial charge in [-0.05, 0) is 28.7 Å². The van der Waals surface area contributed by atoms with E-state index in [2.05, 4.69) is 6.07 Å². The predicted octanol–water partition coefficient (Wildman–Crippen LogP) is 2.42. The molecule has 3 heteroatoms. The summed E-state index contributed by atoms with van der Waals surface area (Å²) in [6.07, 6.45) is 1.62. The lowest BCUT2D eigenvalue weighted by Crippen LogP contribution is -2.00. The molecule has 0 saturated carbocycles. The zero-order valence-electron chi connectivity index (χ0n) is 8.57. The van der Waals surface area contributed by atoms with Gasteiger partial charge < -0.3 is 4.55 Å². The van der Waals surface area contributed by atoms with Crippen molar-refractivity contribution in [3.8, 4) is 6.07 Å². The maximum Gasteiger partial charge on any atom is 0.153 e. The van der Waals surface area contributed by atoms with Gasteiger partial charge in [-0.25, -0.2) is 0 Å². The summed E-state index contributed by atoms with van der Waals surface area (Å²) in [5, 5.41) is 8.92. The fourth-order valence-electron chi connectivity index (χ4n) is 1.31. The zero-order chi connectivity index (χ0) is 10.7. The Morgan fingerprint density at radius 2 is 2.07 bits per heavy atom. The van der Waals surface area contributed by atoms with Gasteiger partial charge in [0.2, 0.25) is 0 Å². The third kappa shape index (κ3) is 2.28. The third-order valence-electron chi connectivity index (χ3n) is 2.10. The maximum absolute atomic E-state index is 11.2. The lowest BCUT2D eigenvalue weighted by molar-refractivity contribution is 0.600. The Morgan fingerprint density at radius 3 is 2.50 bits per heavy atom. The summed E-state index contributed by atoms with van der Waals surface area (Å²) in [6, 6.07) is 7.57. The van der Waals surface area contributed by atoms with E-state index < -0.39 is 11.2 Å². The standard InChI is InChI=1S/C11H13NOS/c1-8(2)11-5-4-10(14(3)13)6-9(11)7-12/h4-6,8H,1-3H3. The average Bonchev–Trinajstić information content (AvgIpc) is 2.16. The van der Waals surface area contributed by atoms with Crippen LogP contribution in [0.1, 0.15) is 30.9 Å². The third-order valence-corrected chi connectivity index (χ3v) is 3.02. The van der Waals surface area contributed by atoms with Crippen LogP contribution in [0.25, 0.3) is 0 Å². The molecule has 0 fully saturated rings. The van der Waals surface area contributed by atoms with Crippen molar-refractivity contribution in [2.24, 2.45) is 0 Å². The first-order valence-corrected chi connectivity index (χ1v) is 5.99. The van der Waals surface area contributed by atoms with E-state index in [-0.39, 0.29) is 0 Å². The van der Waals surface area contributed by atoms with Crippen molar-refractivity contribution >= 4 is 11.2 Å². The summed E-state index contributed by atoms with van der Waals surface area (Å²) in [5.41, 5.74) is 1.65. The number of nitriles is 1. The molecule has 0 heterocycles. The molecule has 0 saturated heterocycles. The number of hydrogen-bond acceptors (Lipinski definition) is 2. The lowest BCUT2D eigenvalue weighted by atomic mass is 9.98. The van der Waals surface area contributed by atoms with Gasteiger partial charge in [0.15, 0.2) is 4.90 Å². The molecule has 1 aromatic carbocycles. The highest BCUT2D eigenvalue weighted by molar-refractivity contribution is 7.90. The van der Waals surface area contributed by atoms with E-state index in [4.69, 9.17) is 5.26 Å². The summed E-state index contributed by atoms with van der Waals surface area (Å²) >= 11 is -1.01. The first-order valence-electron chi connectivity index (χ1n) is 4.43. The topological polar surface area (TPSA) is 46.8 Å². The van der Waals surface area contributed by atoms with E-state index in [1.807, 2.05) is 26.0 Å². The van der Waals surface area contributed by atoms with Gasteiger partial charge in [0, 0.05) is 6.07 Å².